The molecule has 2 aromatic carbocycles. The summed E-state index contributed by atoms with van der Waals surface area (Å²) in [5, 5.41) is 60.2. The van der Waals surface area contributed by atoms with Crippen LogP contribution in [0.15, 0.2) is 56.8 Å². The van der Waals surface area contributed by atoms with Crippen LogP contribution in [0.5, 0.6) is 11.5 Å². The van der Waals surface area contributed by atoms with Crippen LogP contribution in [0.25, 0.3) is 0 Å². The minimum absolute atomic E-state index is 0. The Labute approximate surface area is 311 Å². The molecule has 8 nitrogen and oxygen atoms in total. The van der Waals surface area contributed by atoms with Gasteiger partial charge in [0.2, 0.25) is 0 Å². The summed E-state index contributed by atoms with van der Waals surface area (Å²) in [5.74, 6) is -0.877. The molecule has 44 heavy (non-hydrogen) atoms. The summed E-state index contributed by atoms with van der Waals surface area (Å²) in [7, 11) is 0. The summed E-state index contributed by atoms with van der Waals surface area (Å²) in [6.45, 7) is 14.3. The fourth-order valence-corrected chi connectivity index (χ4v) is 2.12. The van der Waals surface area contributed by atoms with Gasteiger partial charge in [-0.2, -0.15) is 20.4 Å². The van der Waals surface area contributed by atoms with Crippen molar-refractivity contribution < 1.29 is 54.6 Å². The minimum Gasteiger partial charge on any atom is -0.872 e. The molecule has 2 rings (SSSR count). The van der Waals surface area contributed by atoms with E-state index in [4.69, 9.17) is 69.6 Å². The van der Waals surface area contributed by atoms with Gasteiger partial charge in [-0.05, 0) is 47.6 Å². The summed E-state index contributed by atoms with van der Waals surface area (Å²) in [6, 6.07) is 9.84. The molecule has 0 fully saturated rings. The predicted molar refractivity (Wildman–Crippen MR) is 173 cm³/mol. The number of halogens is 6. The van der Waals surface area contributed by atoms with Gasteiger partial charge in [-0.1, -0.05) is 170 Å². The second kappa shape index (κ2) is 25.2. The van der Waals surface area contributed by atoms with Crippen LogP contribution in [0.1, 0.15) is 63.8 Å². The van der Waals surface area contributed by atoms with Crippen molar-refractivity contribution in [3.05, 3.63) is 58.7 Å². The van der Waals surface area contributed by atoms with Gasteiger partial charge in [-0.25, -0.2) is 0 Å². The third kappa shape index (κ3) is 27.4. The van der Waals surface area contributed by atoms with Crippen molar-refractivity contribution >= 4 is 93.8 Å². The van der Waals surface area contributed by atoms with Crippen LogP contribution in [0.2, 0.25) is 0 Å². The molecule has 0 unspecified atom stereocenters. The van der Waals surface area contributed by atoms with Crippen LogP contribution < -0.4 is 20.4 Å². The number of hydrogen-bond donors (Lipinski definition) is 0. The van der Waals surface area contributed by atoms with Crippen LogP contribution >= 0.6 is 69.6 Å². The SMILES string of the molecule is Cc1ccc([O-])c(/C=N/N=C(\[O-])C(C)(C)C)c1.Cc1ccc([O-])c(/C=N/N=C(\[O-])C(C)(C)C)c1.ClC(Cl)Cl.ClC(Cl)Cl.[Cu+2].[Cu+2]. The first-order valence-electron chi connectivity index (χ1n) is 12.0. The van der Waals surface area contributed by atoms with E-state index in [1.165, 1.54) is 24.6 Å². The van der Waals surface area contributed by atoms with Crippen molar-refractivity contribution in [1.82, 2.24) is 0 Å². The van der Waals surface area contributed by atoms with Crippen molar-refractivity contribution in [3.63, 3.8) is 0 Å². The normalized spacial score (nSPS) is 11.9. The molecule has 0 aliphatic heterocycles. The molecule has 0 aromatic heterocycles. The molecule has 0 spiro atoms. The van der Waals surface area contributed by atoms with Gasteiger partial charge in [0.1, 0.15) is 0 Å². The second-order valence-electron chi connectivity index (χ2n) is 10.4. The molecule has 254 valence electrons. The molecule has 0 amide bonds. The van der Waals surface area contributed by atoms with E-state index in [1.54, 1.807) is 65.8 Å². The Morgan fingerprint density at radius 1 is 0.614 bits per heavy atom. The largest absolute Gasteiger partial charge is 2.00 e. The molecular formula is C28H34Cl6Cu2N4O4. The van der Waals surface area contributed by atoms with Crippen LogP contribution in [0.4, 0.5) is 0 Å². The fraction of sp³-hybridized carbons (Fsp3) is 0.429. The molecule has 16 heteroatoms. The number of rotatable bonds is 4. The second-order valence-corrected chi connectivity index (χ2v) is 14.3. The Kier molecular flexibility index (Phi) is 28.6. The predicted octanol–water partition coefficient (Wildman–Crippen LogP) is 6.38. The quantitative estimate of drug-likeness (QED) is 0.116. The van der Waals surface area contributed by atoms with Crippen molar-refractivity contribution in [2.45, 2.75) is 64.0 Å². The molecular weight excluding hydrogens is 796 g/mol. The summed E-state index contributed by atoms with van der Waals surface area (Å²) in [4.78, 5) is 0. The average molecular weight is 830 g/mol. The number of hydrogen-bond acceptors (Lipinski definition) is 8. The maximum Gasteiger partial charge on any atom is 2.00 e. The van der Waals surface area contributed by atoms with E-state index in [-0.39, 0.29) is 57.4 Å². The Morgan fingerprint density at radius 2 is 0.864 bits per heavy atom. The Morgan fingerprint density at radius 3 is 1.09 bits per heavy atom. The third-order valence-electron chi connectivity index (χ3n) is 4.30. The van der Waals surface area contributed by atoms with Gasteiger partial charge in [-0.3, -0.25) is 0 Å². The molecule has 0 atom stereocenters. The van der Waals surface area contributed by atoms with Gasteiger partial charge in [-0.15, -0.1) is 0 Å². The molecule has 2 radical (unpaired) electrons. The topological polar surface area (TPSA) is 142 Å². The zero-order valence-electron chi connectivity index (χ0n) is 25.1. The van der Waals surface area contributed by atoms with Gasteiger partial charge in [0.25, 0.3) is 0 Å². The Bertz CT molecular complexity index is 1120. The summed E-state index contributed by atoms with van der Waals surface area (Å²) in [6.07, 6.45) is 2.64. The third-order valence-corrected chi connectivity index (χ3v) is 4.30. The number of aryl methyl sites for hydroxylation is 2. The van der Waals surface area contributed by atoms with Crippen molar-refractivity contribution in [2.75, 3.05) is 0 Å². The van der Waals surface area contributed by atoms with Crippen molar-refractivity contribution in [3.8, 4) is 11.5 Å². The minimum atomic E-state index is -0.750. The molecule has 0 heterocycles. The van der Waals surface area contributed by atoms with E-state index >= 15 is 0 Å². The smallest absolute Gasteiger partial charge is 0.872 e. The van der Waals surface area contributed by atoms with Gasteiger partial charge < -0.3 is 20.4 Å². The maximum atomic E-state index is 11.4. The fourth-order valence-electron chi connectivity index (χ4n) is 2.12. The first-order valence-corrected chi connectivity index (χ1v) is 14.7. The van der Waals surface area contributed by atoms with Gasteiger partial charge in [0.05, 0.1) is 12.4 Å². The zero-order chi connectivity index (χ0) is 33.3. The van der Waals surface area contributed by atoms with E-state index in [2.05, 4.69) is 20.4 Å². The molecule has 0 saturated heterocycles. The van der Waals surface area contributed by atoms with Crippen LogP contribution in [0, 0.1) is 24.7 Å². The monoisotopic (exact) mass is 826 g/mol. The first-order chi connectivity index (χ1) is 19.1. The Balaban J connectivity index is -0.000000282. The van der Waals surface area contributed by atoms with Crippen molar-refractivity contribution in [1.29, 1.82) is 0 Å². The van der Waals surface area contributed by atoms with E-state index in [9.17, 15) is 20.4 Å². The summed E-state index contributed by atoms with van der Waals surface area (Å²) < 4.78 is -1.50. The number of alkyl halides is 6. The van der Waals surface area contributed by atoms with E-state index < -0.39 is 19.4 Å². The standard InChI is InChI=1S/2C13H18N2O2.2CHCl3.2Cu/c2*1-9-5-6-11(16)10(7-9)8-14-15-12(17)13(2,3)4;2*2-1(3)4;;/h2*5-8,16H,1-4H3,(H,15,17);2*1H;;/q;;;;2*+2/p-4/b2*14-8+;;;;. The molecule has 2 aromatic rings. The van der Waals surface area contributed by atoms with E-state index in [1.807, 2.05) is 13.8 Å². The molecule has 0 aliphatic carbocycles. The molecule has 0 bridgehead atoms. The summed E-state index contributed by atoms with van der Waals surface area (Å²) >= 11 is 28.8. The van der Waals surface area contributed by atoms with Gasteiger partial charge in [0, 0.05) is 0 Å². The Hall–Kier alpha value is -0.901. The molecule has 0 aliphatic rings. The number of benzene rings is 2. The van der Waals surface area contributed by atoms with E-state index in [0.717, 1.165) is 11.1 Å². The van der Waals surface area contributed by atoms with Crippen LogP contribution in [-0.4, -0.2) is 32.8 Å². The van der Waals surface area contributed by atoms with Gasteiger partial charge in [0.15, 0.2) is 8.59 Å². The van der Waals surface area contributed by atoms with Crippen LogP contribution in [0.3, 0.4) is 0 Å². The van der Waals surface area contributed by atoms with Crippen LogP contribution in [-0.2, 0) is 34.1 Å². The molecule has 0 saturated carbocycles. The van der Waals surface area contributed by atoms with E-state index in [0.29, 0.717) is 11.1 Å². The average Bonchev–Trinajstić information content (AvgIpc) is 2.82. The van der Waals surface area contributed by atoms with Gasteiger partial charge >= 0.3 is 34.1 Å². The first kappa shape index (κ1) is 50.0. The maximum absolute atomic E-state index is 11.4. The summed E-state index contributed by atoms with van der Waals surface area (Å²) in [5.41, 5.74) is 1.71. The van der Waals surface area contributed by atoms with Crippen molar-refractivity contribution in [2.24, 2.45) is 31.2 Å². The zero-order valence-corrected chi connectivity index (χ0v) is 31.5. The number of nitrogens with zero attached hydrogens (tertiary/aromatic N) is 4. The molecule has 0 N–H and O–H groups in total.